The van der Waals surface area contributed by atoms with Crippen molar-refractivity contribution in [3.63, 3.8) is 0 Å². The first-order valence-electron chi connectivity index (χ1n) is 11.6. The van der Waals surface area contributed by atoms with Gasteiger partial charge < -0.3 is 21.3 Å². The van der Waals surface area contributed by atoms with Gasteiger partial charge in [-0.05, 0) is 61.4 Å². The fourth-order valence-electron chi connectivity index (χ4n) is 2.87. The third-order valence-corrected chi connectivity index (χ3v) is 4.98. The van der Waals surface area contributed by atoms with Gasteiger partial charge in [0.15, 0.2) is 0 Å². The lowest BCUT2D eigenvalue weighted by Gasteiger charge is -2.10. The van der Waals surface area contributed by atoms with Crippen LogP contribution in [0.25, 0.3) is 0 Å². The minimum Gasteiger partial charge on any atom is -0.326 e. The van der Waals surface area contributed by atoms with Gasteiger partial charge in [-0.1, -0.05) is 27.7 Å². The average Bonchev–Trinajstić information content (AvgIpc) is 2.79. The fraction of sp³-hybridized carbons (Fsp3) is 0.385. The van der Waals surface area contributed by atoms with Gasteiger partial charge in [-0.25, -0.2) is 0 Å². The highest BCUT2D eigenvalue weighted by molar-refractivity contribution is 5.94. The van der Waals surface area contributed by atoms with E-state index in [1.807, 2.05) is 27.7 Å². The summed E-state index contributed by atoms with van der Waals surface area (Å²) < 4.78 is 0. The second kappa shape index (κ2) is 13.1. The molecule has 0 aromatic heterocycles. The first-order chi connectivity index (χ1) is 16.1. The number of amides is 4. The number of carbonyl (C=O) groups is 4. The maximum atomic E-state index is 12.1. The molecule has 0 fully saturated rings. The highest BCUT2D eigenvalue weighted by atomic mass is 16.2. The topological polar surface area (TPSA) is 116 Å². The highest BCUT2D eigenvalue weighted by Crippen LogP contribution is 2.17. The minimum atomic E-state index is -0.126. The molecule has 0 aliphatic carbocycles. The number of hydrogen-bond acceptors (Lipinski definition) is 4. The van der Waals surface area contributed by atoms with Crippen molar-refractivity contribution in [3.8, 4) is 0 Å². The Balaban J connectivity index is 1.66. The standard InChI is InChI=1S/C26H34N4O4/c1-17(2)25(33)29-21-13-9-19(10-14-21)27-23(31)7-5-6-8-24(32)28-20-11-15-22(16-12-20)30-26(34)18(3)4/h9-18H,5-8H2,1-4H3,(H,27,31)(H,28,32)(H,29,33)(H,30,34). The number of nitrogens with one attached hydrogen (secondary N) is 4. The molecule has 2 rings (SSSR count). The maximum absolute atomic E-state index is 12.1. The summed E-state index contributed by atoms with van der Waals surface area (Å²) in [5.41, 5.74) is 2.66. The smallest absolute Gasteiger partial charge is 0.226 e. The molecule has 0 unspecified atom stereocenters. The lowest BCUT2D eigenvalue weighted by molar-refractivity contribution is -0.119. The van der Waals surface area contributed by atoms with Crippen LogP contribution in [-0.4, -0.2) is 23.6 Å². The van der Waals surface area contributed by atoms with E-state index in [9.17, 15) is 19.2 Å². The van der Waals surface area contributed by atoms with E-state index in [4.69, 9.17) is 0 Å². The molecule has 0 saturated heterocycles. The Bertz CT molecular complexity index is 901. The maximum Gasteiger partial charge on any atom is 0.226 e. The molecule has 0 atom stereocenters. The summed E-state index contributed by atoms with van der Waals surface area (Å²) in [6.45, 7) is 7.28. The normalized spacial score (nSPS) is 10.6. The Hall–Kier alpha value is -3.68. The zero-order valence-electron chi connectivity index (χ0n) is 20.2. The number of anilines is 4. The predicted molar refractivity (Wildman–Crippen MR) is 136 cm³/mol. The van der Waals surface area contributed by atoms with Gasteiger partial charge in [0.25, 0.3) is 0 Å². The van der Waals surface area contributed by atoms with Crippen molar-refractivity contribution in [2.45, 2.75) is 53.4 Å². The van der Waals surface area contributed by atoms with Crippen LogP contribution in [0.2, 0.25) is 0 Å². The van der Waals surface area contributed by atoms with Crippen molar-refractivity contribution in [1.29, 1.82) is 0 Å². The van der Waals surface area contributed by atoms with Gasteiger partial charge in [0.1, 0.15) is 0 Å². The molecule has 182 valence electrons. The van der Waals surface area contributed by atoms with Crippen LogP contribution < -0.4 is 21.3 Å². The van der Waals surface area contributed by atoms with Crippen LogP contribution in [0.3, 0.4) is 0 Å². The molecule has 4 N–H and O–H groups in total. The first-order valence-corrected chi connectivity index (χ1v) is 11.6. The number of benzene rings is 2. The summed E-state index contributed by atoms with van der Waals surface area (Å²) in [5.74, 6) is -0.589. The van der Waals surface area contributed by atoms with E-state index in [2.05, 4.69) is 21.3 Å². The summed E-state index contributed by atoms with van der Waals surface area (Å²) in [6.07, 6.45) is 1.79. The van der Waals surface area contributed by atoms with E-state index >= 15 is 0 Å². The third-order valence-electron chi connectivity index (χ3n) is 4.98. The molecule has 34 heavy (non-hydrogen) atoms. The summed E-state index contributed by atoms with van der Waals surface area (Å²) in [4.78, 5) is 47.7. The molecule has 4 amide bonds. The Morgan fingerprint density at radius 1 is 0.529 bits per heavy atom. The van der Waals surface area contributed by atoms with Crippen LogP contribution in [0.5, 0.6) is 0 Å². The van der Waals surface area contributed by atoms with E-state index in [0.29, 0.717) is 48.4 Å². The first kappa shape index (κ1) is 26.6. The van der Waals surface area contributed by atoms with E-state index in [1.54, 1.807) is 48.5 Å². The van der Waals surface area contributed by atoms with Crippen molar-refractivity contribution >= 4 is 46.4 Å². The average molecular weight is 467 g/mol. The Morgan fingerprint density at radius 2 is 0.794 bits per heavy atom. The van der Waals surface area contributed by atoms with Crippen molar-refractivity contribution in [2.75, 3.05) is 21.3 Å². The van der Waals surface area contributed by atoms with Gasteiger partial charge in [0.2, 0.25) is 23.6 Å². The van der Waals surface area contributed by atoms with E-state index < -0.39 is 0 Å². The molecule has 0 spiro atoms. The molecular weight excluding hydrogens is 432 g/mol. The quantitative estimate of drug-likeness (QED) is 0.348. The fourth-order valence-corrected chi connectivity index (χ4v) is 2.87. The van der Waals surface area contributed by atoms with E-state index in [1.165, 1.54) is 0 Å². The van der Waals surface area contributed by atoms with Crippen LogP contribution in [0, 0.1) is 11.8 Å². The number of unbranched alkanes of at least 4 members (excludes halogenated alkanes) is 1. The van der Waals surface area contributed by atoms with Gasteiger partial charge in [-0.3, -0.25) is 19.2 Å². The van der Waals surface area contributed by atoms with Crippen molar-refractivity contribution in [2.24, 2.45) is 11.8 Å². The molecule has 0 bridgehead atoms. The number of carbonyl (C=O) groups excluding carboxylic acids is 4. The van der Waals surface area contributed by atoms with Crippen LogP contribution >= 0.6 is 0 Å². The zero-order valence-corrected chi connectivity index (χ0v) is 20.2. The molecule has 0 saturated carbocycles. The largest absolute Gasteiger partial charge is 0.326 e. The SMILES string of the molecule is CC(C)C(=O)Nc1ccc(NC(=O)CCCCC(=O)Nc2ccc(NC(=O)C(C)C)cc2)cc1. The van der Waals surface area contributed by atoms with Crippen molar-refractivity contribution < 1.29 is 19.2 Å². The second-order valence-corrected chi connectivity index (χ2v) is 8.75. The van der Waals surface area contributed by atoms with Gasteiger partial charge in [0, 0.05) is 47.4 Å². The van der Waals surface area contributed by atoms with Crippen LogP contribution in [0.4, 0.5) is 22.7 Å². The number of rotatable bonds is 11. The van der Waals surface area contributed by atoms with Crippen molar-refractivity contribution in [3.05, 3.63) is 48.5 Å². The molecule has 2 aromatic carbocycles. The molecular formula is C26H34N4O4. The molecule has 8 nitrogen and oxygen atoms in total. The van der Waals surface area contributed by atoms with Crippen molar-refractivity contribution in [1.82, 2.24) is 0 Å². The van der Waals surface area contributed by atoms with E-state index in [-0.39, 0.29) is 35.5 Å². The lowest BCUT2D eigenvalue weighted by Crippen LogP contribution is -2.17. The molecule has 0 heterocycles. The van der Waals surface area contributed by atoms with Gasteiger partial charge in [0.05, 0.1) is 0 Å². The molecule has 0 aliphatic rings. The molecule has 8 heteroatoms. The third kappa shape index (κ3) is 9.44. The number of hydrogen-bond donors (Lipinski definition) is 4. The molecule has 2 aromatic rings. The summed E-state index contributed by atoms with van der Waals surface area (Å²) in [7, 11) is 0. The van der Waals surface area contributed by atoms with E-state index in [0.717, 1.165) is 0 Å². The van der Waals surface area contributed by atoms with Crippen LogP contribution in [0.15, 0.2) is 48.5 Å². The van der Waals surface area contributed by atoms with Crippen LogP contribution in [0.1, 0.15) is 53.4 Å². The monoisotopic (exact) mass is 466 g/mol. The van der Waals surface area contributed by atoms with Gasteiger partial charge >= 0.3 is 0 Å². The summed E-state index contributed by atoms with van der Waals surface area (Å²) >= 11 is 0. The minimum absolute atomic E-state index is 0.0621. The summed E-state index contributed by atoms with van der Waals surface area (Å²) in [6, 6.07) is 13.9. The Kier molecular flexibility index (Phi) is 10.3. The Morgan fingerprint density at radius 3 is 1.06 bits per heavy atom. The molecule has 0 radical (unpaired) electrons. The predicted octanol–water partition coefficient (Wildman–Crippen LogP) is 5.01. The molecule has 0 aliphatic heterocycles. The van der Waals surface area contributed by atoms with Crippen LogP contribution in [-0.2, 0) is 19.2 Å². The lowest BCUT2D eigenvalue weighted by atomic mass is 10.1. The zero-order chi connectivity index (χ0) is 25.1. The second-order valence-electron chi connectivity index (χ2n) is 8.75. The Labute approximate surface area is 200 Å². The van der Waals surface area contributed by atoms with Gasteiger partial charge in [-0.2, -0.15) is 0 Å². The highest BCUT2D eigenvalue weighted by Gasteiger charge is 2.09. The summed E-state index contributed by atoms with van der Waals surface area (Å²) in [5, 5.41) is 11.2. The van der Waals surface area contributed by atoms with Gasteiger partial charge in [-0.15, -0.1) is 0 Å².